The molecule has 7 nitrogen and oxygen atoms in total. The van der Waals surface area contributed by atoms with E-state index in [4.69, 9.17) is 16.9 Å². The highest BCUT2D eigenvalue weighted by Gasteiger charge is 2.50. The Bertz CT molecular complexity index is 766. The summed E-state index contributed by atoms with van der Waals surface area (Å²) >= 11 is 5.89. The highest BCUT2D eigenvalue weighted by Crippen LogP contribution is 2.28. The molecule has 138 valence electrons. The molecule has 0 aromatic heterocycles. The lowest BCUT2D eigenvalue weighted by Gasteiger charge is -2.25. The van der Waals surface area contributed by atoms with Crippen LogP contribution < -0.4 is 10.6 Å². The zero-order valence-electron chi connectivity index (χ0n) is 14.8. The summed E-state index contributed by atoms with van der Waals surface area (Å²) in [6, 6.07) is 5.85. The van der Waals surface area contributed by atoms with Gasteiger partial charge in [0.1, 0.15) is 18.2 Å². The number of hydrogen-bond acceptors (Lipinski definition) is 4. The quantitative estimate of drug-likeness (QED) is 0.714. The Hall–Kier alpha value is -2.59. The standard InChI is InChI=1S/C18H21ClN4O3/c1-3-7-18(8-4-2)16(25)23(17(26)22-18)11-15(24)21-14-9-13(19)6-5-12(14)10-20/h5-6,9H,3-4,7-8,11H2,1-2H3,(H,21,24)(H,22,26). The third-order valence-corrected chi connectivity index (χ3v) is 4.51. The molecule has 1 aliphatic rings. The van der Waals surface area contributed by atoms with Gasteiger partial charge in [-0.25, -0.2) is 4.79 Å². The van der Waals surface area contributed by atoms with Gasteiger partial charge in [-0.1, -0.05) is 38.3 Å². The zero-order chi connectivity index (χ0) is 19.3. The molecular weight excluding hydrogens is 356 g/mol. The van der Waals surface area contributed by atoms with Gasteiger partial charge in [-0.05, 0) is 31.0 Å². The van der Waals surface area contributed by atoms with E-state index in [0.717, 1.165) is 17.7 Å². The summed E-state index contributed by atoms with van der Waals surface area (Å²) in [5, 5.41) is 14.8. The van der Waals surface area contributed by atoms with Gasteiger partial charge in [0.25, 0.3) is 5.91 Å². The Labute approximate surface area is 157 Å². The largest absolute Gasteiger partial charge is 0.325 e. The van der Waals surface area contributed by atoms with Crippen molar-refractivity contribution in [3.63, 3.8) is 0 Å². The second-order valence-electron chi connectivity index (χ2n) is 6.25. The first kappa shape index (κ1) is 19.7. The summed E-state index contributed by atoms with van der Waals surface area (Å²) in [7, 11) is 0. The molecule has 1 heterocycles. The topological polar surface area (TPSA) is 102 Å². The summed E-state index contributed by atoms with van der Waals surface area (Å²) in [6.07, 6.45) is 2.52. The lowest BCUT2D eigenvalue weighted by molar-refractivity contribution is -0.134. The van der Waals surface area contributed by atoms with E-state index in [-0.39, 0.29) is 17.2 Å². The van der Waals surface area contributed by atoms with Crippen LogP contribution in [-0.4, -0.2) is 34.8 Å². The summed E-state index contributed by atoms with van der Waals surface area (Å²) in [6.45, 7) is 3.46. The SMILES string of the molecule is CCCC1(CCC)NC(=O)N(CC(=O)Nc2cc(Cl)ccc2C#N)C1=O. The first-order valence-corrected chi connectivity index (χ1v) is 8.88. The second-order valence-corrected chi connectivity index (χ2v) is 6.69. The van der Waals surface area contributed by atoms with Crippen LogP contribution in [0.4, 0.5) is 10.5 Å². The van der Waals surface area contributed by atoms with E-state index in [2.05, 4.69) is 10.6 Å². The van der Waals surface area contributed by atoms with Gasteiger partial charge in [-0.2, -0.15) is 5.26 Å². The molecule has 1 aromatic carbocycles. The van der Waals surface area contributed by atoms with Crippen molar-refractivity contribution in [2.75, 3.05) is 11.9 Å². The van der Waals surface area contributed by atoms with Crippen LogP contribution in [0.25, 0.3) is 0 Å². The lowest BCUT2D eigenvalue weighted by Crippen LogP contribution is -2.47. The average Bonchev–Trinajstić information content (AvgIpc) is 2.80. The molecule has 1 aliphatic heterocycles. The van der Waals surface area contributed by atoms with Crippen molar-refractivity contribution in [3.05, 3.63) is 28.8 Å². The van der Waals surface area contributed by atoms with Crippen molar-refractivity contribution in [1.82, 2.24) is 10.2 Å². The maximum Gasteiger partial charge on any atom is 0.325 e. The van der Waals surface area contributed by atoms with Gasteiger partial charge in [0.15, 0.2) is 0 Å². The monoisotopic (exact) mass is 376 g/mol. The Balaban J connectivity index is 2.14. The molecular formula is C18H21ClN4O3. The molecule has 0 bridgehead atoms. The Morgan fingerprint density at radius 3 is 2.54 bits per heavy atom. The van der Waals surface area contributed by atoms with Gasteiger partial charge in [-0.15, -0.1) is 0 Å². The molecule has 0 spiro atoms. The van der Waals surface area contributed by atoms with Crippen LogP contribution in [0.15, 0.2) is 18.2 Å². The molecule has 26 heavy (non-hydrogen) atoms. The van der Waals surface area contributed by atoms with Crippen LogP contribution in [0.5, 0.6) is 0 Å². The number of imide groups is 1. The Kier molecular flexibility index (Phi) is 6.22. The molecule has 0 saturated carbocycles. The number of nitrogens with one attached hydrogen (secondary N) is 2. The number of halogens is 1. The minimum absolute atomic E-state index is 0.241. The van der Waals surface area contributed by atoms with E-state index in [9.17, 15) is 14.4 Å². The van der Waals surface area contributed by atoms with Gasteiger partial charge in [0.05, 0.1) is 11.3 Å². The number of nitriles is 1. The predicted molar refractivity (Wildman–Crippen MR) is 97.6 cm³/mol. The fourth-order valence-electron chi connectivity index (χ4n) is 3.19. The number of amides is 4. The molecule has 1 saturated heterocycles. The first-order valence-electron chi connectivity index (χ1n) is 8.50. The second kappa shape index (κ2) is 8.19. The minimum atomic E-state index is -0.936. The summed E-state index contributed by atoms with van der Waals surface area (Å²) < 4.78 is 0. The van der Waals surface area contributed by atoms with Crippen molar-refractivity contribution in [1.29, 1.82) is 5.26 Å². The highest BCUT2D eigenvalue weighted by molar-refractivity contribution is 6.31. The van der Waals surface area contributed by atoms with E-state index in [1.54, 1.807) is 0 Å². The molecule has 8 heteroatoms. The molecule has 0 radical (unpaired) electrons. The summed E-state index contributed by atoms with van der Waals surface area (Å²) in [5.41, 5.74) is -0.453. The van der Waals surface area contributed by atoms with E-state index < -0.39 is 24.0 Å². The third kappa shape index (κ3) is 3.97. The number of benzene rings is 1. The smallest absolute Gasteiger partial charge is 0.323 e. The van der Waals surface area contributed by atoms with Crippen LogP contribution in [0.2, 0.25) is 5.02 Å². The normalized spacial score (nSPS) is 15.5. The number of nitrogens with zero attached hydrogens (tertiary/aromatic N) is 2. The summed E-state index contributed by atoms with van der Waals surface area (Å²) in [5.74, 6) is -0.955. The van der Waals surface area contributed by atoms with Gasteiger partial charge in [0.2, 0.25) is 5.91 Å². The lowest BCUT2D eigenvalue weighted by atomic mass is 9.88. The predicted octanol–water partition coefficient (Wildman–Crippen LogP) is 3.04. The van der Waals surface area contributed by atoms with Gasteiger partial charge in [0, 0.05) is 5.02 Å². The van der Waals surface area contributed by atoms with Crippen molar-refractivity contribution in [3.8, 4) is 6.07 Å². The summed E-state index contributed by atoms with van der Waals surface area (Å²) in [4.78, 5) is 38.3. The van der Waals surface area contributed by atoms with E-state index >= 15 is 0 Å². The molecule has 1 fully saturated rings. The van der Waals surface area contributed by atoms with Crippen molar-refractivity contribution >= 4 is 35.1 Å². The maximum atomic E-state index is 12.8. The van der Waals surface area contributed by atoms with Gasteiger partial charge >= 0.3 is 6.03 Å². The molecule has 2 N–H and O–H groups in total. The van der Waals surface area contributed by atoms with Gasteiger partial charge in [-0.3, -0.25) is 14.5 Å². The van der Waals surface area contributed by atoms with Crippen molar-refractivity contribution in [2.45, 2.75) is 45.1 Å². The molecule has 0 atom stereocenters. The van der Waals surface area contributed by atoms with Crippen LogP contribution in [-0.2, 0) is 9.59 Å². The number of carbonyl (C=O) groups is 3. The average molecular weight is 377 g/mol. The fourth-order valence-corrected chi connectivity index (χ4v) is 3.36. The minimum Gasteiger partial charge on any atom is -0.323 e. The maximum absolute atomic E-state index is 12.8. The van der Waals surface area contributed by atoms with Crippen molar-refractivity contribution in [2.24, 2.45) is 0 Å². The molecule has 0 aliphatic carbocycles. The molecule has 0 unspecified atom stereocenters. The van der Waals surface area contributed by atoms with Crippen molar-refractivity contribution < 1.29 is 14.4 Å². The zero-order valence-corrected chi connectivity index (χ0v) is 15.5. The van der Waals surface area contributed by atoms with Crippen LogP contribution in [0.3, 0.4) is 0 Å². The van der Waals surface area contributed by atoms with E-state index in [0.29, 0.717) is 17.9 Å². The fraction of sp³-hybridized carbons (Fsp3) is 0.444. The number of hydrogen-bond donors (Lipinski definition) is 2. The van der Waals surface area contributed by atoms with E-state index in [1.807, 2.05) is 19.9 Å². The number of anilines is 1. The van der Waals surface area contributed by atoms with Crippen LogP contribution >= 0.6 is 11.6 Å². The number of carbonyl (C=O) groups excluding carboxylic acids is 3. The Morgan fingerprint density at radius 1 is 1.31 bits per heavy atom. The van der Waals surface area contributed by atoms with Crippen LogP contribution in [0, 0.1) is 11.3 Å². The van der Waals surface area contributed by atoms with Gasteiger partial charge < -0.3 is 10.6 Å². The number of rotatable bonds is 7. The van der Waals surface area contributed by atoms with Crippen LogP contribution in [0.1, 0.15) is 45.1 Å². The molecule has 4 amide bonds. The highest BCUT2D eigenvalue weighted by atomic mass is 35.5. The first-order chi connectivity index (χ1) is 12.4. The number of urea groups is 1. The van der Waals surface area contributed by atoms with E-state index in [1.165, 1.54) is 18.2 Å². The molecule has 1 aromatic rings. The molecule has 2 rings (SSSR count). The Morgan fingerprint density at radius 2 is 1.96 bits per heavy atom. The third-order valence-electron chi connectivity index (χ3n) is 4.28.